The van der Waals surface area contributed by atoms with Crippen molar-refractivity contribution in [2.45, 2.75) is 38.1 Å². The molecule has 0 radical (unpaired) electrons. The Labute approximate surface area is 139 Å². The predicted molar refractivity (Wildman–Crippen MR) is 90.0 cm³/mol. The molecule has 23 heavy (non-hydrogen) atoms. The largest absolute Gasteiger partial charge is 0.335 e. The molecule has 4 rings (SSSR count). The van der Waals surface area contributed by atoms with Crippen molar-refractivity contribution in [1.82, 2.24) is 4.90 Å². The van der Waals surface area contributed by atoms with E-state index in [1.165, 1.54) is 16.5 Å². The number of fused-ring (bicyclic) bond motifs is 1. The van der Waals surface area contributed by atoms with Crippen molar-refractivity contribution in [2.75, 3.05) is 6.54 Å². The van der Waals surface area contributed by atoms with Crippen LogP contribution in [0.25, 0.3) is 0 Å². The highest BCUT2D eigenvalue weighted by atomic mass is 32.1. The summed E-state index contributed by atoms with van der Waals surface area (Å²) in [5.41, 5.74) is 2.02. The third kappa shape index (κ3) is 2.49. The maximum Gasteiger partial charge on any atom is 0.226 e. The average Bonchev–Trinajstić information content (AvgIpc) is 3.21. The molecule has 1 aromatic heterocycles. The molecule has 1 aliphatic carbocycles. The van der Waals surface area contributed by atoms with E-state index >= 15 is 0 Å². The minimum Gasteiger partial charge on any atom is -0.335 e. The molecule has 0 spiro atoms. The minimum atomic E-state index is -0.182. The van der Waals surface area contributed by atoms with Crippen molar-refractivity contribution < 1.29 is 9.18 Å². The van der Waals surface area contributed by atoms with E-state index in [9.17, 15) is 9.18 Å². The lowest BCUT2D eigenvalue weighted by atomic mass is 9.97. The van der Waals surface area contributed by atoms with Gasteiger partial charge in [0.25, 0.3) is 0 Å². The van der Waals surface area contributed by atoms with Gasteiger partial charge in [-0.25, -0.2) is 4.39 Å². The van der Waals surface area contributed by atoms with Gasteiger partial charge >= 0.3 is 0 Å². The Kier molecular flexibility index (Phi) is 3.72. The molecule has 1 fully saturated rings. The fourth-order valence-corrected chi connectivity index (χ4v) is 4.83. The molecular formula is C19H20FNOS. The zero-order chi connectivity index (χ0) is 16.0. The molecular weight excluding hydrogens is 309 g/mol. The molecule has 2 aromatic rings. The van der Waals surface area contributed by atoms with Gasteiger partial charge in [-0.2, -0.15) is 0 Å². The van der Waals surface area contributed by atoms with Crippen molar-refractivity contribution in [2.24, 2.45) is 5.92 Å². The van der Waals surface area contributed by atoms with Crippen LogP contribution in [0.15, 0.2) is 35.7 Å². The van der Waals surface area contributed by atoms with E-state index < -0.39 is 0 Å². The Morgan fingerprint density at radius 3 is 2.91 bits per heavy atom. The molecule has 4 heteroatoms. The monoisotopic (exact) mass is 329 g/mol. The van der Waals surface area contributed by atoms with Crippen LogP contribution in [0.2, 0.25) is 0 Å². The van der Waals surface area contributed by atoms with Crippen LogP contribution >= 0.6 is 11.3 Å². The van der Waals surface area contributed by atoms with Crippen LogP contribution in [0.4, 0.5) is 4.39 Å². The second kappa shape index (κ2) is 5.75. The van der Waals surface area contributed by atoms with Crippen LogP contribution in [0.1, 0.15) is 47.7 Å². The first-order valence-corrected chi connectivity index (χ1v) is 9.19. The Morgan fingerprint density at radius 1 is 1.30 bits per heavy atom. The lowest BCUT2D eigenvalue weighted by Gasteiger charge is -2.35. The van der Waals surface area contributed by atoms with Crippen molar-refractivity contribution in [3.8, 4) is 0 Å². The molecule has 1 saturated carbocycles. The highest BCUT2D eigenvalue weighted by molar-refractivity contribution is 7.10. The van der Waals surface area contributed by atoms with Crippen molar-refractivity contribution in [3.05, 3.63) is 57.5 Å². The van der Waals surface area contributed by atoms with E-state index in [0.717, 1.165) is 25.8 Å². The summed E-state index contributed by atoms with van der Waals surface area (Å²) in [6.45, 7) is 2.93. The fourth-order valence-electron chi connectivity index (χ4n) is 3.90. The number of hydrogen-bond acceptors (Lipinski definition) is 2. The number of halogens is 1. The highest BCUT2D eigenvalue weighted by Crippen LogP contribution is 2.50. The average molecular weight is 329 g/mol. The predicted octanol–water partition coefficient (Wildman–Crippen LogP) is 4.53. The number of nitrogens with zero attached hydrogens (tertiary/aromatic N) is 1. The molecule has 3 unspecified atom stereocenters. The molecule has 2 aliphatic rings. The lowest BCUT2D eigenvalue weighted by Crippen LogP contribution is -2.40. The molecule has 120 valence electrons. The number of benzene rings is 1. The van der Waals surface area contributed by atoms with Crippen LogP contribution in [-0.2, 0) is 11.2 Å². The molecule has 1 aromatic carbocycles. The van der Waals surface area contributed by atoms with E-state index in [1.807, 2.05) is 17.0 Å². The van der Waals surface area contributed by atoms with Gasteiger partial charge in [0, 0.05) is 17.3 Å². The zero-order valence-corrected chi connectivity index (χ0v) is 14.0. The van der Waals surface area contributed by atoms with E-state index in [4.69, 9.17) is 0 Å². The van der Waals surface area contributed by atoms with Crippen molar-refractivity contribution in [1.29, 1.82) is 0 Å². The number of amides is 1. The minimum absolute atomic E-state index is 0.0406. The Morgan fingerprint density at radius 2 is 2.13 bits per heavy atom. The first-order chi connectivity index (χ1) is 11.2. The first-order valence-electron chi connectivity index (χ1n) is 8.32. The van der Waals surface area contributed by atoms with Gasteiger partial charge in [0.15, 0.2) is 0 Å². The number of carbonyl (C=O) groups is 1. The summed E-state index contributed by atoms with van der Waals surface area (Å²) in [5, 5.41) is 2.13. The van der Waals surface area contributed by atoms with Gasteiger partial charge in [-0.05, 0) is 53.8 Å². The number of hydrogen-bond donors (Lipinski definition) is 0. The number of thiophene rings is 1. The summed E-state index contributed by atoms with van der Waals surface area (Å²) in [5.74, 6) is 0.0479. The van der Waals surface area contributed by atoms with Gasteiger partial charge in [0.05, 0.1) is 6.04 Å². The fraction of sp³-hybridized carbons (Fsp3) is 0.421. The second-order valence-corrected chi connectivity index (χ2v) is 7.48. The SMILES string of the molecule is CCC1c2ccsc2CCN1C(=O)C1CC1c1ccccc1F. The van der Waals surface area contributed by atoms with E-state index in [2.05, 4.69) is 18.4 Å². The topological polar surface area (TPSA) is 20.3 Å². The summed E-state index contributed by atoms with van der Waals surface area (Å²) in [6, 6.07) is 9.22. The first kappa shape index (κ1) is 14.9. The van der Waals surface area contributed by atoms with Gasteiger partial charge in [-0.1, -0.05) is 25.1 Å². The van der Waals surface area contributed by atoms with Gasteiger partial charge in [0.1, 0.15) is 5.82 Å². The Balaban J connectivity index is 1.54. The molecule has 2 nitrogen and oxygen atoms in total. The molecule has 2 heterocycles. The van der Waals surface area contributed by atoms with E-state index in [0.29, 0.717) is 5.56 Å². The van der Waals surface area contributed by atoms with E-state index in [-0.39, 0.29) is 29.6 Å². The van der Waals surface area contributed by atoms with Gasteiger partial charge in [-0.3, -0.25) is 4.79 Å². The van der Waals surface area contributed by atoms with Crippen molar-refractivity contribution >= 4 is 17.2 Å². The Bertz CT molecular complexity index is 740. The van der Waals surface area contributed by atoms with Gasteiger partial charge in [0.2, 0.25) is 5.91 Å². The van der Waals surface area contributed by atoms with Crippen LogP contribution in [0.3, 0.4) is 0 Å². The van der Waals surface area contributed by atoms with Gasteiger partial charge in [-0.15, -0.1) is 11.3 Å². The van der Waals surface area contributed by atoms with Crippen LogP contribution in [-0.4, -0.2) is 17.4 Å². The molecule has 1 amide bonds. The summed E-state index contributed by atoms with van der Waals surface area (Å²) in [7, 11) is 0. The highest BCUT2D eigenvalue weighted by Gasteiger charge is 2.48. The normalized spacial score (nSPS) is 26.0. The van der Waals surface area contributed by atoms with Gasteiger partial charge < -0.3 is 4.90 Å². The molecule has 3 atom stereocenters. The van der Waals surface area contributed by atoms with Crippen LogP contribution in [0, 0.1) is 11.7 Å². The van der Waals surface area contributed by atoms with E-state index in [1.54, 1.807) is 17.4 Å². The summed E-state index contributed by atoms with van der Waals surface area (Å²) >= 11 is 1.79. The maximum atomic E-state index is 13.9. The van der Waals surface area contributed by atoms with Crippen LogP contribution < -0.4 is 0 Å². The summed E-state index contributed by atoms with van der Waals surface area (Å²) < 4.78 is 13.9. The smallest absolute Gasteiger partial charge is 0.226 e. The van der Waals surface area contributed by atoms with Crippen molar-refractivity contribution in [3.63, 3.8) is 0 Å². The molecule has 1 aliphatic heterocycles. The third-order valence-corrected chi connectivity index (χ3v) is 6.17. The Hall–Kier alpha value is -1.68. The standard InChI is InChI=1S/C19H20FNOS/c1-2-17-13-8-10-23-18(13)7-9-21(17)19(22)15-11-14(15)12-5-3-4-6-16(12)20/h3-6,8,10,14-15,17H,2,7,9,11H2,1H3. The second-order valence-electron chi connectivity index (χ2n) is 6.47. The molecule has 0 bridgehead atoms. The number of carbonyl (C=O) groups excluding carboxylic acids is 1. The quantitative estimate of drug-likeness (QED) is 0.810. The number of rotatable bonds is 3. The molecule has 0 saturated heterocycles. The maximum absolute atomic E-state index is 13.9. The summed E-state index contributed by atoms with van der Waals surface area (Å²) in [6.07, 6.45) is 2.67. The lowest BCUT2D eigenvalue weighted by molar-refractivity contribution is -0.135. The zero-order valence-electron chi connectivity index (χ0n) is 13.2. The summed E-state index contributed by atoms with van der Waals surface area (Å²) in [4.78, 5) is 16.4. The third-order valence-electron chi connectivity index (χ3n) is 5.18. The van der Waals surface area contributed by atoms with Crippen LogP contribution in [0.5, 0.6) is 0 Å². The molecule has 0 N–H and O–H groups in total.